The molecule has 2 saturated heterocycles. The van der Waals surface area contributed by atoms with Gasteiger partial charge in [-0.15, -0.1) is 0 Å². The van der Waals surface area contributed by atoms with Crippen LogP contribution in [0.4, 0.5) is 0 Å². The Morgan fingerprint density at radius 3 is 2.32 bits per heavy atom. The van der Waals surface area contributed by atoms with Crippen LogP contribution in [0, 0.1) is 5.92 Å². The van der Waals surface area contributed by atoms with Crippen LogP contribution in [0.2, 0.25) is 18.1 Å². The minimum absolute atomic E-state index is 0.259. The molecule has 0 amide bonds. The Morgan fingerprint density at radius 2 is 1.77 bits per heavy atom. The molecule has 0 aromatic carbocycles. The Bertz CT molecular complexity index is 377. The summed E-state index contributed by atoms with van der Waals surface area (Å²) in [6.07, 6.45) is 7.96. The first-order chi connectivity index (χ1) is 10.2. The molecule has 0 N–H and O–H groups in total. The second kappa shape index (κ2) is 7.39. The van der Waals surface area contributed by atoms with Crippen LogP contribution in [0.3, 0.4) is 0 Å². The van der Waals surface area contributed by atoms with Gasteiger partial charge in [0.2, 0.25) is 0 Å². The summed E-state index contributed by atoms with van der Waals surface area (Å²) in [6.45, 7) is 12.1. The second-order valence-corrected chi connectivity index (χ2v) is 15.1. The number of hydrogen-bond acceptors (Lipinski definition) is 3. The van der Waals surface area contributed by atoms with Crippen molar-refractivity contribution in [2.45, 2.75) is 94.3 Å². The molecule has 128 valence electrons. The fourth-order valence-corrected chi connectivity index (χ4v) is 6.24. The third-order valence-electron chi connectivity index (χ3n) is 5.82. The zero-order valence-electron chi connectivity index (χ0n) is 15.1. The van der Waals surface area contributed by atoms with E-state index in [1.54, 1.807) is 0 Å². The molecule has 2 aliphatic rings. The van der Waals surface area contributed by atoms with Gasteiger partial charge in [-0.25, -0.2) is 0 Å². The molecule has 0 saturated carbocycles. The van der Waals surface area contributed by atoms with Crippen molar-refractivity contribution in [2.75, 3.05) is 6.61 Å². The van der Waals surface area contributed by atoms with Crippen molar-refractivity contribution in [3.63, 3.8) is 0 Å². The third kappa shape index (κ3) is 4.84. The normalized spacial score (nSPS) is 29.4. The fourth-order valence-electron chi connectivity index (χ4n) is 3.32. The van der Waals surface area contributed by atoms with Crippen molar-refractivity contribution in [3.8, 4) is 0 Å². The van der Waals surface area contributed by atoms with E-state index in [0.717, 1.165) is 42.8 Å². The van der Waals surface area contributed by atoms with Gasteiger partial charge in [0.25, 0.3) is 0 Å². The number of rotatable bonds is 6. The van der Waals surface area contributed by atoms with E-state index in [1.807, 2.05) is 0 Å². The number of hydrogen-bond donors (Lipinski definition) is 0. The highest BCUT2D eigenvalue weighted by Crippen LogP contribution is 2.44. The molecular formula is C18H34O2SSi. The van der Waals surface area contributed by atoms with Gasteiger partial charge in [0.15, 0.2) is 8.32 Å². The highest BCUT2D eigenvalue weighted by molar-refractivity contribution is 8.00. The van der Waals surface area contributed by atoms with Crippen molar-refractivity contribution >= 4 is 25.9 Å². The summed E-state index contributed by atoms with van der Waals surface area (Å²) in [5.41, 5.74) is 0. The van der Waals surface area contributed by atoms with Crippen LogP contribution in [0.1, 0.15) is 65.7 Å². The lowest BCUT2D eigenvalue weighted by Crippen LogP contribution is -2.41. The summed E-state index contributed by atoms with van der Waals surface area (Å²) in [4.78, 5) is 12.5. The number of thioether (sulfide) groups is 1. The van der Waals surface area contributed by atoms with Gasteiger partial charge in [-0.3, -0.25) is 4.79 Å². The highest BCUT2D eigenvalue weighted by atomic mass is 32.2. The minimum Gasteiger partial charge on any atom is -0.417 e. The van der Waals surface area contributed by atoms with Crippen molar-refractivity contribution in [2.24, 2.45) is 5.92 Å². The predicted octanol–water partition coefficient (Wildman–Crippen LogP) is 5.42. The van der Waals surface area contributed by atoms with Gasteiger partial charge in [0.1, 0.15) is 5.78 Å². The smallest absolute Gasteiger partial charge is 0.191 e. The van der Waals surface area contributed by atoms with Crippen LogP contribution in [0.5, 0.6) is 0 Å². The SMILES string of the molecule is CC(C)(C)[Si](C)(C)OCCCC(=O)C1CC2CCCC(C1)S2. The van der Waals surface area contributed by atoms with E-state index in [1.165, 1.54) is 19.3 Å². The molecular weight excluding hydrogens is 308 g/mol. The topological polar surface area (TPSA) is 26.3 Å². The van der Waals surface area contributed by atoms with E-state index in [2.05, 4.69) is 45.6 Å². The van der Waals surface area contributed by atoms with Crippen LogP contribution < -0.4 is 0 Å². The molecule has 2 atom stereocenters. The maximum atomic E-state index is 12.5. The van der Waals surface area contributed by atoms with Gasteiger partial charge in [-0.1, -0.05) is 27.2 Å². The first-order valence-electron chi connectivity index (χ1n) is 9.01. The molecule has 2 heterocycles. The van der Waals surface area contributed by atoms with E-state index in [0.29, 0.717) is 11.7 Å². The third-order valence-corrected chi connectivity index (χ3v) is 12.0. The number of carbonyl (C=O) groups excluding carboxylic acids is 1. The minimum atomic E-state index is -1.65. The van der Waals surface area contributed by atoms with E-state index in [4.69, 9.17) is 4.43 Å². The van der Waals surface area contributed by atoms with Crippen molar-refractivity contribution < 1.29 is 9.22 Å². The Balaban J connectivity index is 1.70. The standard InChI is InChI=1S/C18H34O2SSi/c1-18(2,3)22(4,5)20-11-7-10-17(19)14-12-15-8-6-9-16(13-14)21-15/h14-16H,6-13H2,1-5H3. The first-order valence-corrected chi connectivity index (χ1v) is 12.9. The van der Waals surface area contributed by atoms with Crippen molar-refractivity contribution in [1.29, 1.82) is 0 Å². The Morgan fingerprint density at radius 1 is 1.18 bits per heavy atom. The monoisotopic (exact) mass is 342 g/mol. The van der Waals surface area contributed by atoms with Crippen LogP contribution >= 0.6 is 11.8 Å². The molecule has 0 aliphatic carbocycles. The Labute approximate surface area is 142 Å². The van der Waals surface area contributed by atoms with E-state index in [9.17, 15) is 4.79 Å². The Kier molecular flexibility index (Phi) is 6.23. The van der Waals surface area contributed by atoms with E-state index >= 15 is 0 Å². The largest absolute Gasteiger partial charge is 0.417 e. The molecule has 2 bridgehead atoms. The lowest BCUT2D eigenvalue weighted by atomic mass is 9.85. The molecule has 2 unspecified atom stereocenters. The summed E-state index contributed by atoms with van der Waals surface area (Å²) in [6, 6.07) is 0. The van der Waals surface area contributed by atoms with Gasteiger partial charge >= 0.3 is 0 Å². The van der Waals surface area contributed by atoms with Gasteiger partial charge in [-0.05, 0) is 50.2 Å². The predicted molar refractivity (Wildman–Crippen MR) is 99.1 cm³/mol. The summed E-state index contributed by atoms with van der Waals surface area (Å²) in [7, 11) is -1.65. The fraction of sp³-hybridized carbons (Fsp3) is 0.944. The summed E-state index contributed by atoms with van der Waals surface area (Å²) < 4.78 is 6.19. The number of carbonyl (C=O) groups is 1. The summed E-state index contributed by atoms with van der Waals surface area (Å²) in [5.74, 6) is 0.862. The summed E-state index contributed by atoms with van der Waals surface area (Å²) in [5, 5.41) is 1.80. The second-order valence-electron chi connectivity index (χ2n) is 8.66. The molecule has 0 spiro atoms. The quantitative estimate of drug-likeness (QED) is 0.476. The lowest BCUT2D eigenvalue weighted by Gasteiger charge is -2.38. The molecule has 0 aromatic rings. The van der Waals surface area contributed by atoms with E-state index in [-0.39, 0.29) is 5.04 Å². The highest BCUT2D eigenvalue weighted by Gasteiger charge is 2.37. The van der Waals surface area contributed by atoms with Crippen molar-refractivity contribution in [3.05, 3.63) is 0 Å². The number of ketones is 1. The first kappa shape index (κ1) is 18.5. The molecule has 2 rings (SSSR count). The Hall–Kier alpha value is 0.197. The van der Waals surface area contributed by atoms with Crippen molar-refractivity contribution in [1.82, 2.24) is 0 Å². The van der Waals surface area contributed by atoms with Gasteiger partial charge in [-0.2, -0.15) is 11.8 Å². The van der Waals surface area contributed by atoms with Crippen LogP contribution in [0.15, 0.2) is 0 Å². The average molecular weight is 343 g/mol. The lowest BCUT2D eigenvalue weighted by molar-refractivity contribution is -0.123. The molecule has 0 aromatic heterocycles. The molecule has 0 radical (unpaired) electrons. The summed E-state index contributed by atoms with van der Waals surface area (Å²) >= 11 is 2.16. The molecule has 4 heteroatoms. The molecule has 2 fully saturated rings. The number of Topliss-reactive ketones (excluding diaryl/α,β-unsaturated/α-hetero) is 1. The molecule has 22 heavy (non-hydrogen) atoms. The van der Waals surface area contributed by atoms with E-state index < -0.39 is 8.32 Å². The molecule has 2 aliphatic heterocycles. The molecule has 2 nitrogen and oxygen atoms in total. The van der Waals surface area contributed by atoms with Gasteiger partial charge < -0.3 is 4.43 Å². The maximum Gasteiger partial charge on any atom is 0.191 e. The van der Waals surface area contributed by atoms with Gasteiger partial charge in [0, 0.05) is 29.4 Å². The number of fused-ring (bicyclic) bond motifs is 2. The van der Waals surface area contributed by atoms with Gasteiger partial charge in [0.05, 0.1) is 0 Å². The van der Waals surface area contributed by atoms with Crippen LogP contribution in [0.25, 0.3) is 0 Å². The zero-order chi connectivity index (χ0) is 16.4. The average Bonchev–Trinajstić information content (AvgIpc) is 2.41. The van der Waals surface area contributed by atoms with Crippen LogP contribution in [-0.4, -0.2) is 31.2 Å². The van der Waals surface area contributed by atoms with Crippen LogP contribution in [-0.2, 0) is 9.22 Å². The zero-order valence-corrected chi connectivity index (χ0v) is 16.9. The maximum absolute atomic E-state index is 12.5.